The molecule has 8 heteroatoms. The summed E-state index contributed by atoms with van der Waals surface area (Å²) in [5.74, 6) is 0. The van der Waals surface area contributed by atoms with E-state index < -0.39 is 0 Å². The molecule has 2 rings (SSSR count). The lowest BCUT2D eigenvalue weighted by Crippen LogP contribution is -2.07. The molecule has 0 aliphatic heterocycles. The number of nitriles is 1. The van der Waals surface area contributed by atoms with Crippen molar-refractivity contribution in [2.75, 3.05) is 24.7 Å². The van der Waals surface area contributed by atoms with Crippen LogP contribution >= 0.6 is 23.1 Å². The first-order valence-corrected chi connectivity index (χ1v) is 6.58. The number of anilines is 2. The van der Waals surface area contributed by atoms with Crippen LogP contribution in [0.1, 0.15) is 5.56 Å². The zero-order chi connectivity index (χ0) is 13.1. The lowest BCUT2D eigenvalue weighted by atomic mass is 10.2. The predicted octanol–water partition coefficient (Wildman–Crippen LogP) is 1.60. The minimum atomic E-state index is 0.381. The zero-order valence-corrected chi connectivity index (χ0v) is 11.4. The van der Waals surface area contributed by atoms with Gasteiger partial charge in [0.15, 0.2) is 4.34 Å². The molecule has 0 unspecified atom stereocenters. The van der Waals surface area contributed by atoms with Crippen molar-refractivity contribution in [2.24, 2.45) is 0 Å². The molecule has 0 saturated carbocycles. The molecule has 2 aromatic rings. The Morgan fingerprint density at radius 2 is 2.22 bits per heavy atom. The lowest BCUT2D eigenvalue weighted by Gasteiger charge is -2.04. The lowest BCUT2D eigenvalue weighted by molar-refractivity contribution is 0.970. The SMILES string of the molecule is CN(C)c1nnc(Sc2nccc(C#N)c2N)s1. The molecule has 0 bridgehead atoms. The normalized spacial score (nSPS) is 10.1. The molecular formula is C10H10N6S2. The number of hydrogen-bond acceptors (Lipinski definition) is 8. The van der Waals surface area contributed by atoms with E-state index in [4.69, 9.17) is 11.0 Å². The molecule has 0 aliphatic carbocycles. The summed E-state index contributed by atoms with van der Waals surface area (Å²) in [6.07, 6.45) is 1.56. The Kier molecular flexibility index (Phi) is 3.64. The van der Waals surface area contributed by atoms with Crippen LogP contribution in [0.5, 0.6) is 0 Å². The fraction of sp³-hybridized carbons (Fsp3) is 0.200. The molecule has 92 valence electrons. The fourth-order valence-electron chi connectivity index (χ4n) is 1.14. The number of hydrogen-bond donors (Lipinski definition) is 1. The molecule has 0 amide bonds. The smallest absolute Gasteiger partial charge is 0.208 e. The summed E-state index contributed by atoms with van der Waals surface area (Å²) in [4.78, 5) is 6.03. The van der Waals surface area contributed by atoms with Gasteiger partial charge in [-0.3, -0.25) is 0 Å². The van der Waals surface area contributed by atoms with Gasteiger partial charge in [0.1, 0.15) is 11.1 Å². The van der Waals surface area contributed by atoms with E-state index in [2.05, 4.69) is 15.2 Å². The van der Waals surface area contributed by atoms with E-state index in [1.807, 2.05) is 25.1 Å². The van der Waals surface area contributed by atoms with Gasteiger partial charge in [-0.15, -0.1) is 10.2 Å². The van der Waals surface area contributed by atoms with Gasteiger partial charge in [0.05, 0.1) is 11.3 Å². The second kappa shape index (κ2) is 5.20. The van der Waals surface area contributed by atoms with E-state index in [-0.39, 0.29) is 0 Å². The van der Waals surface area contributed by atoms with Crippen LogP contribution in [0.15, 0.2) is 21.6 Å². The first kappa shape index (κ1) is 12.6. The standard InChI is InChI=1S/C10H10N6S2/c1-16(2)9-14-15-10(18-9)17-8-7(12)6(5-11)3-4-13-8/h3-4H,12H2,1-2H3. The summed E-state index contributed by atoms with van der Waals surface area (Å²) < 4.78 is 0.744. The summed E-state index contributed by atoms with van der Waals surface area (Å²) in [6.45, 7) is 0. The van der Waals surface area contributed by atoms with Crippen molar-refractivity contribution in [3.8, 4) is 6.07 Å². The van der Waals surface area contributed by atoms with Gasteiger partial charge in [0.25, 0.3) is 0 Å². The van der Waals surface area contributed by atoms with Crippen LogP contribution in [0.3, 0.4) is 0 Å². The molecule has 0 saturated heterocycles. The van der Waals surface area contributed by atoms with E-state index >= 15 is 0 Å². The van der Waals surface area contributed by atoms with Gasteiger partial charge in [-0.1, -0.05) is 11.3 Å². The average Bonchev–Trinajstić information content (AvgIpc) is 2.80. The van der Waals surface area contributed by atoms with E-state index in [1.54, 1.807) is 12.3 Å². The summed E-state index contributed by atoms with van der Waals surface area (Å²) in [5, 5.41) is 18.3. The van der Waals surface area contributed by atoms with Crippen molar-refractivity contribution in [1.29, 1.82) is 5.26 Å². The Labute approximate surface area is 112 Å². The largest absolute Gasteiger partial charge is 0.395 e. The summed E-state index contributed by atoms with van der Waals surface area (Å²) >= 11 is 2.76. The van der Waals surface area contributed by atoms with E-state index in [1.165, 1.54) is 23.1 Å². The van der Waals surface area contributed by atoms with E-state index in [0.717, 1.165) is 9.47 Å². The summed E-state index contributed by atoms with van der Waals surface area (Å²) in [7, 11) is 3.80. The van der Waals surface area contributed by atoms with Crippen LogP contribution in [-0.2, 0) is 0 Å². The molecule has 2 heterocycles. The molecule has 0 aromatic carbocycles. The van der Waals surface area contributed by atoms with Gasteiger partial charge in [-0.05, 0) is 17.8 Å². The highest BCUT2D eigenvalue weighted by Gasteiger charge is 2.12. The Morgan fingerprint density at radius 1 is 1.44 bits per heavy atom. The van der Waals surface area contributed by atoms with Gasteiger partial charge in [-0.2, -0.15) is 5.26 Å². The number of nitrogens with two attached hydrogens (primary N) is 1. The highest BCUT2D eigenvalue weighted by Crippen LogP contribution is 2.35. The average molecular weight is 278 g/mol. The molecule has 0 aliphatic rings. The van der Waals surface area contributed by atoms with Crippen LogP contribution in [-0.4, -0.2) is 29.3 Å². The zero-order valence-electron chi connectivity index (χ0n) is 9.78. The van der Waals surface area contributed by atoms with Crippen molar-refractivity contribution in [3.63, 3.8) is 0 Å². The van der Waals surface area contributed by atoms with Crippen LogP contribution in [0.2, 0.25) is 0 Å². The van der Waals surface area contributed by atoms with Gasteiger partial charge < -0.3 is 10.6 Å². The van der Waals surface area contributed by atoms with Crippen molar-refractivity contribution in [1.82, 2.24) is 15.2 Å². The number of rotatable bonds is 3. The Bertz CT molecular complexity index is 601. The molecule has 2 aromatic heterocycles. The third-order valence-electron chi connectivity index (χ3n) is 2.04. The number of pyridine rings is 1. The maximum atomic E-state index is 8.89. The molecule has 6 nitrogen and oxygen atoms in total. The Morgan fingerprint density at radius 3 is 2.83 bits per heavy atom. The van der Waals surface area contributed by atoms with E-state index in [9.17, 15) is 0 Å². The van der Waals surface area contributed by atoms with Gasteiger partial charge >= 0.3 is 0 Å². The van der Waals surface area contributed by atoms with Gasteiger partial charge in [0.2, 0.25) is 5.13 Å². The second-order valence-corrected chi connectivity index (χ2v) is 5.73. The van der Waals surface area contributed by atoms with Crippen molar-refractivity contribution >= 4 is 33.9 Å². The van der Waals surface area contributed by atoms with Crippen LogP contribution in [0.25, 0.3) is 0 Å². The third kappa shape index (κ3) is 2.52. The number of nitrogen functional groups attached to an aromatic ring is 1. The minimum absolute atomic E-state index is 0.381. The molecule has 0 atom stereocenters. The quantitative estimate of drug-likeness (QED) is 0.911. The number of nitrogens with zero attached hydrogens (tertiary/aromatic N) is 5. The molecular weight excluding hydrogens is 268 g/mol. The maximum absolute atomic E-state index is 8.89. The minimum Gasteiger partial charge on any atom is -0.395 e. The van der Waals surface area contributed by atoms with Crippen LogP contribution < -0.4 is 10.6 Å². The summed E-state index contributed by atoms with van der Waals surface area (Å²) in [5.41, 5.74) is 6.65. The molecule has 0 spiro atoms. The Balaban J connectivity index is 2.26. The van der Waals surface area contributed by atoms with Crippen molar-refractivity contribution < 1.29 is 0 Å². The highest BCUT2D eigenvalue weighted by atomic mass is 32.2. The fourth-order valence-corrected chi connectivity index (χ4v) is 2.85. The van der Waals surface area contributed by atoms with Crippen molar-refractivity contribution in [3.05, 3.63) is 17.8 Å². The first-order valence-electron chi connectivity index (χ1n) is 4.95. The maximum Gasteiger partial charge on any atom is 0.208 e. The van der Waals surface area contributed by atoms with E-state index in [0.29, 0.717) is 16.3 Å². The Hall–Kier alpha value is -1.85. The van der Waals surface area contributed by atoms with Crippen LogP contribution in [0.4, 0.5) is 10.8 Å². The molecule has 2 N–H and O–H groups in total. The van der Waals surface area contributed by atoms with Gasteiger partial charge in [-0.25, -0.2) is 4.98 Å². The monoisotopic (exact) mass is 278 g/mol. The third-order valence-corrected chi connectivity index (χ3v) is 4.20. The predicted molar refractivity (Wildman–Crippen MR) is 71.7 cm³/mol. The van der Waals surface area contributed by atoms with Crippen molar-refractivity contribution in [2.45, 2.75) is 9.37 Å². The topological polar surface area (TPSA) is 91.7 Å². The first-order chi connectivity index (χ1) is 8.61. The second-order valence-electron chi connectivity index (χ2n) is 3.54. The molecule has 0 radical (unpaired) electrons. The highest BCUT2D eigenvalue weighted by molar-refractivity contribution is 8.01. The molecule has 0 fully saturated rings. The summed E-state index contributed by atoms with van der Waals surface area (Å²) in [6, 6.07) is 3.61. The van der Waals surface area contributed by atoms with Crippen LogP contribution in [0, 0.1) is 11.3 Å². The van der Waals surface area contributed by atoms with Gasteiger partial charge in [0, 0.05) is 20.3 Å². The number of aromatic nitrogens is 3. The molecule has 18 heavy (non-hydrogen) atoms.